The number of anilines is 1. The minimum absolute atomic E-state index is 0.133. The van der Waals surface area contributed by atoms with Gasteiger partial charge >= 0.3 is 0 Å². The van der Waals surface area contributed by atoms with Crippen LogP contribution in [-0.4, -0.2) is 43.7 Å². The molecule has 0 atom stereocenters. The van der Waals surface area contributed by atoms with Crippen molar-refractivity contribution < 1.29 is 9.53 Å². The van der Waals surface area contributed by atoms with E-state index in [1.807, 2.05) is 24.3 Å². The molecule has 1 aromatic carbocycles. The molecule has 152 valence electrons. The van der Waals surface area contributed by atoms with Crippen molar-refractivity contribution in [1.29, 1.82) is 0 Å². The van der Waals surface area contributed by atoms with Gasteiger partial charge in [0.1, 0.15) is 16.6 Å². The first-order valence-corrected chi connectivity index (χ1v) is 11.3. The minimum Gasteiger partial charge on any atom is -0.497 e. The predicted octanol–water partition coefficient (Wildman–Crippen LogP) is 3.82. The number of nitrogens with one attached hydrogen (secondary N) is 1. The number of ether oxygens (including phenoxy) is 1. The Morgan fingerprint density at radius 1 is 1.24 bits per heavy atom. The third-order valence-electron chi connectivity index (χ3n) is 4.48. The fourth-order valence-electron chi connectivity index (χ4n) is 2.89. The molecule has 1 amide bonds. The van der Waals surface area contributed by atoms with E-state index in [9.17, 15) is 4.79 Å². The molecule has 0 saturated heterocycles. The summed E-state index contributed by atoms with van der Waals surface area (Å²) < 4.78 is 7.32. The van der Waals surface area contributed by atoms with E-state index in [-0.39, 0.29) is 11.7 Å². The summed E-state index contributed by atoms with van der Waals surface area (Å²) in [6.07, 6.45) is 3.37. The van der Waals surface area contributed by atoms with Crippen LogP contribution in [0.5, 0.6) is 5.75 Å². The smallest absolute Gasteiger partial charge is 0.236 e. The molecular formula is C19H22N6O2S2. The van der Waals surface area contributed by atoms with E-state index in [0.717, 1.165) is 40.3 Å². The Hall–Kier alpha value is -2.46. The molecule has 0 aliphatic heterocycles. The number of amides is 1. The molecule has 1 aliphatic rings. The zero-order valence-corrected chi connectivity index (χ0v) is 17.9. The number of hydrogen-bond acceptors (Lipinski definition) is 8. The first-order chi connectivity index (χ1) is 14.2. The van der Waals surface area contributed by atoms with Gasteiger partial charge in [0.15, 0.2) is 5.16 Å². The SMILES string of the molecule is CCCn1c(SCC(=O)Nc2nnc(-c3ccc(OC)cc3)s2)nnc1C1CC1. The third kappa shape index (κ3) is 4.76. The molecule has 0 radical (unpaired) electrons. The van der Waals surface area contributed by atoms with Gasteiger partial charge in [-0.1, -0.05) is 30.0 Å². The number of hydrogen-bond donors (Lipinski definition) is 1. The van der Waals surface area contributed by atoms with Gasteiger partial charge in [0.05, 0.1) is 12.9 Å². The van der Waals surface area contributed by atoms with Gasteiger partial charge in [-0.25, -0.2) is 0 Å². The lowest BCUT2D eigenvalue weighted by atomic mass is 10.2. The van der Waals surface area contributed by atoms with Gasteiger partial charge in [-0.15, -0.1) is 20.4 Å². The van der Waals surface area contributed by atoms with Crippen molar-refractivity contribution in [3.05, 3.63) is 30.1 Å². The number of methoxy groups -OCH3 is 1. The predicted molar refractivity (Wildman–Crippen MR) is 114 cm³/mol. The molecule has 1 fully saturated rings. The highest BCUT2D eigenvalue weighted by molar-refractivity contribution is 7.99. The van der Waals surface area contributed by atoms with Crippen LogP contribution in [0.15, 0.2) is 29.4 Å². The summed E-state index contributed by atoms with van der Waals surface area (Å²) in [7, 11) is 1.63. The van der Waals surface area contributed by atoms with Crippen LogP contribution < -0.4 is 10.1 Å². The van der Waals surface area contributed by atoms with E-state index in [1.54, 1.807) is 7.11 Å². The molecule has 8 nitrogen and oxygen atoms in total. The number of carbonyl (C=O) groups excluding carboxylic acids is 1. The molecule has 4 rings (SSSR count). The second-order valence-corrected chi connectivity index (χ2v) is 8.66. The summed E-state index contributed by atoms with van der Waals surface area (Å²) in [5.41, 5.74) is 0.929. The average molecular weight is 431 g/mol. The molecule has 1 N–H and O–H groups in total. The Morgan fingerprint density at radius 2 is 2.03 bits per heavy atom. The van der Waals surface area contributed by atoms with Gasteiger partial charge in [0.2, 0.25) is 11.0 Å². The number of nitrogens with zero attached hydrogens (tertiary/aromatic N) is 5. The van der Waals surface area contributed by atoms with E-state index in [2.05, 4.69) is 37.2 Å². The fourth-order valence-corrected chi connectivity index (χ4v) is 4.43. The van der Waals surface area contributed by atoms with Gasteiger partial charge in [0, 0.05) is 18.0 Å². The Morgan fingerprint density at radius 3 is 2.72 bits per heavy atom. The van der Waals surface area contributed by atoms with Gasteiger partial charge in [-0.2, -0.15) is 0 Å². The molecule has 0 unspecified atom stereocenters. The van der Waals surface area contributed by atoms with Crippen LogP contribution in [0, 0.1) is 0 Å². The molecule has 29 heavy (non-hydrogen) atoms. The normalized spacial score (nSPS) is 13.4. The standard InChI is InChI=1S/C19H22N6O2S2/c1-3-10-25-16(12-4-5-12)21-24-19(25)28-11-15(26)20-18-23-22-17(29-18)13-6-8-14(27-2)9-7-13/h6-9,12H,3-5,10-11H2,1-2H3,(H,20,23,26). The highest BCUT2D eigenvalue weighted by atomic mass is 32.2. The summed E-state index contributed by atoms with van der Waals surface area (Å²) >= 11 is 2.75. The summed E-state index contributed by atoms with van der Waals surface area (Å²) in [6.45, 7) is 3.01. The van der Waals surface area contributed by atoms with Crippen LogP contribution in [0.25, 0.3) is 10.6 Å². The van der Waals surface area contributed by atoms with E-state index in [4.69, 9.17) is 4.74 Å². The lowest BCUT2D eigenvalue weighted by molar-refractivity contribution is -0.113. The monoisotopic (exact) mass is 430 g/mol. The van der Waals surface area contributed by atoms with Crippen molar-refractivity contribution in [2.24, 2.45) is 0 Å². The van der Waals surface area contributed by atoms with E-state index >= 15 is 0 Å². The lowest BCUT2D eigenvalue weighted by Gasteiger charge is -2.07. The number of thioether (sulfide) groups is 1. The van der Waals surface area contributed by atoms with Crippen molar-refractivity contribution in [2.75, 3.05) is 18.2 Å². The van der Waals surface area contributed by atoms with Crippen LogP contribution in [0.1, 0.15) is 37.9 Å². The van der Waals surface area contributed by atoms with Crippen molar-refractivity contribution in [3.63, 3.8) is 0 Å². The highest BCUT2D eigenvalue weighted by Gasteiger charge is 2.30. The second-order valence-electron chi connectivity index (χ2n) is 6.74. The van der Waals surface area contributed by atoms with Crippen molar-refractivity contribution in [2.45, 2.75) is 43.8 Å². The maximum Gasteiger partial charge on any atom is 0.236 e. The highest BCUT2D eigenvalue weighted by Crippen LogP contribution is 2.40. The molecule has 0 spiro atoms. The first kappa shape index (κ1) is 19.8. The zero-order valence-electron chi connectivity index (χ0n) is 16.3. The molecule has 1 aliphatic carbocycles. The van der Waals surface area contributed by atoms with Crippen LogP contribution >= 0.6 is 23.1 Å². The van der Waals surface area contributed by atoms with Gasteiger partial charge in [-0.05, 0) is 43.5 Å². The molecule has 2 aromatic heterocycles. The Bertz CT molecular complexity index is 981. The fraction of sp³-hybridized carbons (Fsp3) is 0.421. The number of carbonyl (C=O) groups is 1. The summed E-state index contributed by atoms with van der Waals surface area (Å²) in [5, 5.41) is 21.7. The van der Waals surface area contributed by atoms with Crippen molar-refractivity contribution in [1.82, 2.24) is 25.0 Å². The van der Waals surface area contributed by atoms with Crippen LogP contribution in [0.2, 0.25) is 0 Å². The third-order valence-corrected chi connectivity index (χ3v) is 6.33. The first-order valence-electron chi connectivity index (χ1n) is 9.51. The quantitative estimate of drug-likeness (QED) is 0.516. The van der Waals surface area contributed by atoms with Crippen LogP contribution in [0.4, 0.5) is 5.13 Å². The molecule has 0 bridgehead atoms. The van der Waals surface area contributed by atoms with Gasteiger partial charge in [-0.3, -0.25) is 10.1 Å². The average Bonchev–Trinajstić information content (AvgIpc) is 3.35. The zero-order chi connectivity index (χ0) is 20.2. The summed E-state index contributed by atoms with van der Waals surface area (Å²) in [6, 6.07) is 7.57. The molecular weight excluding hydrogens is 408 g/mol. The van der Waals surface area contributed by atoms with Crippen molar-refractivity contribution >= 4 is 34.1 Å². The second kappa shape index (κ2) is 8.91. The van der Waals surface area contributed by atoms with E-state index in [0.29, 0.717) is 11.0 Å². The summed E-state index contributed by atoms with van der Waals surface area (Å²) in [5.74, 6) is 2.50. The topological polar surface area (TPSA) is 94.8 Å². The van der Waals surface area contributed by atoms with Gasteiger partial charge < -0.3 is 9.30 Å². The Labute approximate surface area is 177 Å². The number of aromatic nitrogens is 5. The number of benzene rings is 1. The largest absolute Gasteiger partial charge is 0.497 e. The Balaban J connectivity index is 1.35. The lowest BCUT2D eigenvalue weighted by Crippen LogP contribution is -2.14. The maximum atomic E-state index is 12.4. The Kier molecular flexibility index (Phi) is 6.10. The van der Waals surface area contributed by atoms with E-state index < -0.39 is 0 Å². The molecule has 10 heteroatoms. The van der Waals surface area contributed by atoms with Crippen molar-refractivity contribution in [3.8, 4) is 16.3 Å². The number of rotatable bonds is 9. The molecule has 1 saturated carbocycles. The summed E-state index contributed by atoms with van der Waals surface area (Å²) in [4.78, 5) is 12.4. The van der Waals surface area contributed by atoms with Crippen LogP contribution in [-0.2, 0) is 11.3 Å². The molecule has 2 heterocycles. The minimum atomic E-state index is -0.133. The van der Waals surface area contributed by atoms with E-state index in [1.165, 1.54) is 35.9 Å². The van der Waals surface area contributed by atoms with Crippen LogP contribution in [0.3, 0.4) is 0 Å². The molecule has 3 aromatic rings. The van der Waals surface area contributed by atoms with Gasteiger partial charge in [0.25, 0.3) is 0 Å². The maximum absolute atomic E-state index is 12.4.